The fourth-order valence-electron chi connectivity index (χ4n) is 7.42. The van der Waals surface area contributed by atoms with Gasteiger partial charge in [-0.05, 0) is 189 Å². The van der Waals surface area contributed by atoms with Crippen molar-refractivity contribution in [3.8, 4) is 0 Å². The van der Waals surface area contributed by atoms with Crippen molar-refractivity contribution in [2.45, 2.75) is 355 Å². The van der Waals surface area contributed by atoms with Crippen LogP contribution in [0.3, 0.4) is 0 Å². The zero-order valence-electron chi connectivity index (χ0n) is 61.5. The first-order chi connectivity index (χ1) is 36.8. The molecule has 0 fully saturated rings. The molecule has 0 aromatic carbocycles. The van der Waals surface area contributed by atoms with Crippen molar-refractivity contribution < 1.29 is 19.1 Å². The quantitative estimate of drug-likeness (QED) is 0.0286. The van der Waals surface area contributed by atoms with E-state index in [9.17, 15) is 9.59 Å². The lowest BCUT2D eigenvalue weighted by Crippen LogP contribution is -2.11. The molecule has 0 atom stereocenters. The number of aliphatic imine (C=N–C) groups is 1. The monoisotopic (exact) mass is 1230 g/mol. The summed E-state index contributed by atoms with van der Waals surface area (Å²) in [6, 6.07) is 0. The van der Waals surface area contributed by atoms with E-state index in [4.69, 9.17) is 9.47 Å². The summed E-state index contributed by atoms with van der Waals surface area (Å²) >= 11 is 0. The van der Waals surface area contributed by atoms with E-state index in [-0.39, 0.29) is 11.9 Å². The molecule has 0 aliphatic rings. The van der Waals surface area contributed by atoms with E-state index < -0.39 is 0 Å². The summed E-state index contributed by atoms with van der Waals surface area (Å²) < 4.78 is 10.4. The van der Waals surface area contributed by atoms with Gasteiger partial charge in [0.05, 0.1) is 13.2 Å². The molecular formula is C73H151NO4S4. The largest absolute Gasteiger partial charge is 0.466 e. The molecule has 0 radical (unpaired) electrons. The third-order valence-electron chi connectivity index (χ3n) is 12.7. The Balaban J connectivity index is -0.000000302. The molecule has 0 spiro atoms. The molecule has 0 aromatic rings. The van der Waals surface area contributed by atoms with E-state index in [1.165, 1.54) is 100 Å². The average Bonchev–Trinajstić information content (AvgIpc) is 3.24. The topological polar surface area (TPSA) is 65.0 Å². The van der Waals surface area contributed by atoms with Crippen LogP contribution < -0.4 is 0 Å². The Bertz CT molecular complexity index is 1450. The van der Waals surface area contributed by atoms with Crippen molar-refractivity contribution in [1.29, 1.82) is 0 Å². The van der Waals surface area contributed by atoms with E-state index >= 15 is 0 Å². The normalized spacial score (nSPS) is 13.0. The van der Waals surface area contributed by atoms with E-state index in [0.717, 1.165) is 64.3 Å². The molecule has 9 heteroatoms. The number of carbonyl (C=O) groups excluding carboxylic acids is 2. The minimum absolute atomic E-state index is 0.0324. The number of nitrogens with zero attached hydrogens (tertiary/aromatic N) is 1. The fraction of sp³-hybridized carbons (Fsp3) is 0.959. The molecule has 82 heavy (non-hydrogen) atoms. The number of rotatable bonds is 32. The van der Waals surface area contributed by atoms with Gasteiger partial charge >= 0.3 is 11.9 Å². The molecule has 0 amide bonds. The van der Waals surface area contributed by atoms with Crippen molar-refractivity contribution in [2.75, 3.05) is 42.8 Å². The van der Waals surface area contributed by atoms with Crippen molar-refractivity contribution in [3.05, 3.63) is 0 Å². The Kier molecular flexibility index (Phi) is 53.1. The molecule has 5 nitrogen and oxygen atoms in total. The molecule has 0 rings (SSSR count). The summed E-state index contributed by atoms with van der Waals surface area (Å²) in [5.74, 6) is 5.14. The minimum atomic E-state index is -0.0387. The summed E-state index contributed by atoms with van der Waals surface area (Å²) in [7, 11) is 8.20. The predicted molar refractivity (Wildman–Crippen MR) is 386 cm³/mol. The number of esters is 2. The van der Waals surface area contributed by atoms with Crippen LogP contribution in [0.1, 0.15) is 355 Å². The van der Waals surface area contributed by atoms with Crippen LogP contribution in [0.15, 0.2) is 4.99 Å². The number of hydrogen-bond donors (Lipinski definition) is 0. The Morgan fingerprint density at radius 2 is 0.549 bits per heavy atom. The lowest BCUT2D eigenvalue weighted by atomic mass is 9.90. The molecule has 496 valence electrons. The van der Waals surface area contributed by atoms with Crippen LogP contribution in [0.2, 0.25) is 0 Å². The Morgan fingerprint density at radius 1 is 0.293 bits per heavy atom. The number of ether oxygens (including phenoxy) is 2. The smallest absolute Gasteiger partial charge is 0.305 e. The van der Waals surface area contributed by atoms with Gasteiger partial charge in [0.15, 0.2) is 0 Å². The fourth-order valence-corrected chi connectivity index (χ4v) is 12.4. The molecule has 0 saturated carbocycles. The van der Waals surface area contributed by atoms with Gasteiger partial charge < -0.3 is 9.47 Å². The molecular weight excluding hydrogens is 1080 g/mol. The van der Waals surface area contributed by atoms with Crippen molar-refractivity contribution in [2.24, 2.45) is 59.1 Å². The van der Waals surface area contributed by atoms with Gasteiger partial charge in [-0.25, -0.2) is 0 Å². The molecule has 0 heterocycles. The van der Waals surface area contributed by atoms with Crippen LogP contribution in [0, 0.1) is 54.1 Å². The van der Waals surface area contributed by atoms with Gasteiger partial charge in [-0.15, -0.1) is 0 Å². The standard InChI is InChI=1S/C16H33N.C16H32O2.C15H30O2.C14H30S2.C12H26S2/c1-15(2,3)11-7-9-13-17-14-10-8-12-16(4,5)6;1-15(2,3)11-7-8-13-18-14(17)10-9-12-16(4,5)6;1-14(2,3)10-7-9-13(16)17-12-8-11-15(4,5)6;1-13(2,3)9-7-11-15-16-12-8-10-14(4,5)6;1-11(2,3)7-9-13-14-10-8-12(4,5)6/h13H,7-12,14H2,1-6H3;7-13H2,1-6H3;7-12H2,1-6H3;7-12H2,1-6H3;7-10H2,1-6H3. The zero-order valence-corrected chi connectivity index (χ0v) is 64.8. The van der Waals surface area contributed by atoms with Crippen LogP contribution in [-0.2, 0) is 19.1 Å². The van der Waals surface area contributed by atoms with E-state index in [1.807, 2.05) is 21.6 Å². The van der Waals surface area contributed by atoms with Gasteiger partial charge in [-0.1, -0.05) is 257 Å². The van der Waals surface area contributed by atoms with Crippen LogP contribution >= 0.6 is 43.2 Å². The van der Waals surface area contributed by atoms with Crippen molar-refractivity contribution >= 4 is 61.3 Å². The maximum absolute atomic E-state index is 11.5. The van der Waals surface area contributed by atoms with Crippen LogP contribution in [0.5, 0.6) is 0 Å². The highest BCUT2D eigenvalue weighted by Crippen LogP contribution is 2.33. The van der Waals surface area contributed by atoms with E-state index in [0.29, 0.717) is 80.2 Å². The second-order valence-corrected chi connectivity index (χ2v) is 41.2. The van der Waals surface area contributed by atoms with Crippen molar-refractivity contribution in [1.82, 2.24) is 0 Å². The van der Waals surface area contributed by atoms with Gasteiger partial charge in [0.2, 0.25) is 0 Å². The molecule has 0 unspecified atom stereocenters. The Hall–Kier alpha value is 0.01000. The molecule has 0 bridgehead atoms. The number of carbonyl (C=O) groups is 2. The van der Waals surface area contributed by atoms with Crippen LogP contribution in [-0.4, -0.2) is 60.9 Å². The molecule has 0 aliphatic carbocycles. The molecule has 0 saturated heterocycles. The lowest BCUT2D eigenvalue weighted by molar-refractivity contribution is -0.145. The molecule has 0 N–H and O–H groups in total. The minimum Gasteiger partial charge on any atom is -0.466 e. The Labute approximate surface area is 534 Å². The summed E-state index contributed by atoms with van der Waals surface area (Å²) in [5, 5.41) is 0. The van der Waals surface area contributed by atoms with Gasteiger partial charge in [0.25, 0.3) is 0 Å². The lowest BCUT2D eigenvalue weighted by Gasteiger charge is -2.18. The number of hydrogen-bond acceptors (Lipinski definition) is 9. The number of unbranched alkanes of at least 4 members (excludes halogenated alkanes) is 3. The summed E-state index contributed by atoms with van der Waals surface area (Å²) in [5.41, 5.74) is 4.32. The first-order valence-corrected chi connectivity index (χ1v) is 38.1. The highest BCUT2D eigenvalue weighted by Gasteiger charge is 2.17. The van der Waals surface area contributed by atoms with Gasteiger partial charge in [-0.3, -0.25) is 14.6 Å². The first kappa shape index (κ1) is 90.8. The van der Waals surface area contributed by atoms with Gasteiger partial charge in [0.1, 0.15) is 0 Å². The molecule has 0 aromatic heterocycles. The van der Waals surface area contributed by atoms with Gasteiger partial charge in [0, 0.05) is 42.4 Å². The summed E-state index contributed by atoms with van der Waals surface area (Å²) in [6.45, 7) is 70.4. The Morgan fingerprint density at radius 3 is 0.878 bits per heavy atom. The highest BCUT2D eigenvalue weighted by atomic mass is 33.1. The molecule has 0 aliphatic heterocycles. The summed E-state index contributed by atoms with van der Waals surface area (Å²) in [4.78, 5) is 27.4. The van der Waals surface area contributed by atoms with E-state index in [2.05, 4.69) is 241 Å². The predicted octanol–water partition coefficient (Wildman–Crippen LogP) is 26.3. The second kappa shape index (κ2) is 47.9. The van der Waals surface area contributed by atoms with Gasteiger partial charge in [-0.2, -0.15) is 0 Å². The summed E-state index contributed by atoms with van der Waals surface area (Å²) in [6.07, 6.45) is 28.3. The van der Waals surface area contributed by atoms with Crippen molar-refractivity contribution in [3.63, 3.8) is 0 Å². The van der Waals surface area contributed by atoms with Crippen LogP contribution in [0.4, 0.5) is 0 Å². The average molecular weight is 1240 g/mol. The zero-order chi connectivity index (χ0) is 65.0. The SMILES string of the molecule is CC(C)(C)CCCC=NCCCCC(C)(C)C.CC(C)(C)CCCCOC(=O)CCCC(C)(C)C.CC(C)(C)CCCOC(=O)CCCC(C)(C)C.CC(C)(C)CCCSSCCCC(C)(C)C.CC(C)(C)CCSSCCC(C)(C)C. The highest BCUT2D eigenvalue weighted by molar-refractivity contribution is 8.77. The maximum Gasteiger partial charge on any atom is 0.305 e. The second-order valence-electron chi connectivity index (χ2n) is 35.7. The first-order valence-electron chi connectivity index (χ1n) is 33.1. The van der Waals surface area contributed by atoms with E-state index in [1.54, 1.807) is 0 Å². The maximum atomic E-state index is 11.5. The van der Waals surface area contributed by atoms with Crippen LogP contribution in [0.25, 0.3) is 0 Å². The third-order valence-corrected chi connectivity index (χ3v) is 17.7. The third kappa shape index (κ3) is 105.